The number of methoxy groups -OCH3 is 2. The lowest BCUT2D eigenvalue weighted by Crippen LogP contribution is -2.53. The summed E-state index contributed by atoms with van der Waals surface area (Å²) in [4.78, 5) is 62.1. The van der Waals surface area contributed by atoms with Crippen LogP contribution in [0.4, 0.5) is 5.69 Å². The number of para-hydroxylation sites is 1. The first-order valence-corrected chi connectivity index (χ1v) is 25.2. The maximum absolute atomic E-state index is 14.3. The van der Waals surface area contributed by atoms with E-state index in [-0.39, 0.29) is 55.3 Å². The zero-order valence-corrected chi connectivity index (χ0v) is 42.2. The molecule has 15 heteroatoms. The highest BCUT2D eigenvalue weighted by Crippen LogP contribution is 2.57. The van der Waals surface area contributed by atoms with Crippen LogP contribution in [0.5, 0.6) is 11.5 Å². The molecule has 4 aromatic carbocycles. The van der Waals surface area contributed by atoms with Crippen molar-refractivity contribution in [3.63, 3.8) is 0 Å². The molecule has 1 aromatic heterocycles. The van der Waals surface area contributed by atoms with E-state index in [1.807, 2.05) is 54.7 Å². The van der Waals surface area contributed by atoms with Crippen LogP contribution in [0.3, 0.4) is 0 Å². The maximum Gasteiger partial charge on any atom is 0.339 e. The summed E-state index contributed by atoms with van der Waals surface area (Å²) in [5, 5.41) is 26.4. The molecule has 1 fully saturated rings. The molecule has 0 radical (unpaired) electrons. The van der Waals surface area contributed by atoms with Crippen molar-refractivity contribution < 1.29 is 57.8 Å². The molecule has 382 valence electrons. The van der Waals surface area contributed by atoms with E-state index in [0.29, 0.717) is 47.9 Å². The van der Waals surface area contributed by atoms with E-state index in [1.165, 1.54) is 19.8 Å². The number of aliphatic hydroxyl groups is 2. The highest BCUT2D eigenvalue weighted by atomic mass is 16.7. The number of carbonyl (C=O) groups is 4. The van der Waals surface area contributed by atoms with Crippen LogP contribution >= 0.6 is 0 Å². The zero-order chi connectivity index (χ0) is 51.5. The minimum absolute atomic E-state index is 0.0103. The molecular weight excluding hydrogens is 931 g/mol. The van der Waals surface area contributed by atoms with Gasteiger partial charge < -0.3 is 44.0 Å². The monoisotopic (exact) mass is 993 g/mol. The van der Waals surface area contributed by atoms with Crippen molar-refractivity contribution in [3.05, 3.63) is 142 Å². The number of anilines is 1. The van der Waals surface area contributed by atoms with Crippen molar-refractivity contribution in [3.8, 4) is 11.5 Å². The lowest BCUT2D eigenvalue weighted by atomic mass is 9.67. The first kappa shape index (κ1) is 49.8. The van der Waals surface area contributed by atoms with Gasteiger partial charge in [-0.1, -0.05) is 38.1 Å². The molecule has 15 nitrogen and oxygen atoms in total. The van der Waals surface area contributed by atoms with Crippen LogP contribution in [0.25, 0.3) is 10.9 Å². The van der Waals surface area contributed by atoms with E-state index >= 15 is 0 Å². The van der Waals surface area contributed by atoms with Gasteiger partial charge in [0.1, 0.15) is 5.76 Å². The van der Waals surface area contributed by atoms with Gasteiger partial charge in [0.25, 0.3) is 5.91 Å². The van der Waals surface area contributed by atoms with Gasteiger partial charge in [0, 0.05) is 41.7 Å². The molecular formula is C58H63N3O12. The Labute approximate surface area is 424 Å². The smallest absolute Gasteiger partial charge is 0.339 e. The number of rotatable bonds is 14. The molecule has 2 aliphatic carbocycles. The van der Waals surface area contributed by atoms with Crippen molar-refractivity contribution in [1.29, 1.82) is 0 Å². The lowest BCUT2D eigenvalue weighted by molar-refractivity contribution is -0.179. The molecule has 1 amide bonds. The summed E-state index contributed by atoms with van der Waals surface area (Å²) in [6, 6.07) is 26.6. The molecule has 6 atom stereocenters. The molecule has 0 bridgehead atoms. The van der Waals surface area contributed by atoms with Gasteiger partial charge in [0.15, 0.2) is 29.4 Å². The highest BCUT2D eigenvalue weighted by Gasteiger charge is 2.61. The molecule has 5 aliphatic rings. The van der Waals surface area contributed by atoms with E-state index in [4.69, 9.17) is 33.4 Å². The third kappa shape index (κ3) is 9.54. The number of pyridine rings is 1. The third-order valence-electron chi connectivity index (χ3n) is 15.7. The topological polar surface area (TPSA) is 192 Å². The lowest BCUT2D eigenvalue weighted by Gasteiger charge is -2.42. The quantitative estimate of drug-likeness (QED) is 0.0706. The third-order valence-corrected chi connectivity index (χ3v) is 15.7. The van der Waals surface area contributed by atoms with E-state index in [0.717, 1.165) is 46.0 Å². The Bertz CT molecular complexity index is 3020. The number of fused-ring (bicyclic) bond motifs is 5. The molecule has 5 aromatic rings. The number of nitrogens with zero attached hydrogens (tertiary/aromatic N) is 2. The maximum atomic E-state index is 14.3. The van der Waals surface area contributed by atoms with Crippen LogP contribution in [-0.4, -0.2) is 101 Å². The van der Waals surface area contributed by atoms with E-state index in [1.54, 1.807) is 38.1 Å². The van der Waals surface area contributed by atoms with Crippen LogP contribution in [0.15, 0.2) is 103 Å². The fraction of sp³-hybridized carbons (Fsp3) is 0.431. The minimum atomic E-state index is -2.28. The highest BCUT2D eigenvalue weighted by molar-refractivity contribution is 6.04. The van der Waals surface area contributed by atoms with Gasteiger partial charge >= 0.3 is 17.9 Å². The summed E-state index contributed by atoms with van der Waals surface area (Å²) < 4.78 is 35.4. The van der Waals surface area contributed by atoms with Crippen LogP contribution in [-0.2, 0) is 40.4 Å². The zero-order valence-electron chi connectivity index (χ0n) is 42.2. The van der Waals surface area contributed by atoms with Gasteiger partial charge in [-0.05, 0) is 159 Å². The summed E-state index contributed by atoms with van der Waals surface area (Å²) in [7, 11) is 2.66. The van der Waals surface area contributed by atoms with Gasteiger partial charge in [-0.3, -0.25) is 19.5 Å². The number of hydrogen-bond donors (Lipinski definition) is 3. The van der Waals surface area contributed by atoms with E-state index < -0.39 is 59.3 Å². The van der Waals surface area contributed by atoms with Crippen LogP contribution < -0.4 is 14.8 Å². The van der Waals surface area contributed by atoms with Crippen molar-refractivity contribution in [2.24, 2.45) is 0 Å². The van der Waals surface area contributed by atoms with Crippen molar-refractivity contribution in [1.82, 2.24) is 9.88 Å². The normalized spacial score (nSPS) is 23.4. The average molecular weight is 994 g/mol. The Morgan fingerprint density at radius 1 is 0.877 bits per heavy atom. The Balaban J connectivity index is 0.891. The fourth-order valence-corrected chi connectivity index (χ4v) is 12.0. The number of aromatic nitrogens is 1. The van der Waals surface area contributed by atoms with Crippen LogP contribution in [0.1, 0.15) is 139 Å². The second-order valence-electron chi connectivity index (χ2n) is 21.5. The second kappa shape index (κ2) is 19.2. The van der Waals surface area contributed by atoms with Gasteiger partial charge in [-0.25, -0.2) is 9.59 Å². The summed E-state index contributed by atoms with van der Waals surface area (Å²) >= 11 is 0. The number of carbonyl (C=O) groups excluding carboxylic acids is 4. The first-order chi connectivity index (χ1) is 34.9. The Morgan fingerprint density at radius 2 is 1.63 bits per heavy atom. The van der Waals surface area contributed by atoms with E-state index in [9.17, 15) is 29.4 Å². The fourth-order valence-electron chi connectivity index (χ4n) is 12.0. The second-order valence-corrected chi connectivity index (χ2v) is 21.5. The van der Waals surface area contributed by atoms with Gasteiger partial charge in [-0.15, -0.1) is 0 Å². The molecule has 3 aliphatic heterocycles. The Hall–Kier alpha value is -6.81. The summed E-state index contributed by atoms with van der Waals surface area (Å²) in [6.07, 6.45) is 5.10. The molecule has 1 spiro atoms. The summed E-state index contributed by atoms with van der Waals surface area (Å²) in [5.41, 5.74) is 2.95. The number of nitrogens with one attached hydrogen (secondary N) is 1. The molecule has 3 unspecified atom stereocenters. The molecule has 1 saturated heterocycles. The van der Waals surface area contributed by atoms with Crippen LogP contribution in [0, 0.1) is 0 Å². The average Bonchev–Trinajstić information content (AvgIpc) is 4.08. The number of benzene rings is 4. The van der Waals surface area contributed by atoms with E-state index in [2.05, 4.69) is 42.3 Å². The van der Waals surface area contributed by atoms with Crippen LogP contribution in [0.2, 0.25) is 0 Å². The van der Waals surface area contributed by atoms with Crippen molar-refractivity contribution in [2.75, 3.05) is 32.9 Å². The molecule has 4 heterocycles. The number of ether oxygens (including phenoxy) is 6. The van der Waals surface area contributed by atoms with Crippen molar-refractivity contribution in [2.45, 2.75) is 132 Å². The van der Waals surface area contributed by atoms with Crippen molar-refractivity contribution >= 4 is 40.4 Å². The van der Waals surface area contributed by atoms with Gasteiger partial charge in [0.05, 0.1) is 48.8 Å². The molecule has 10 rings (SSSR count). The Morgan fingerprint density at radius 3 is 2.38 bits per heavy atom. The predicted octanol–water partition coefficient (Wildman–Crippen LogP) is 8.77. The largest absolute Gasteiger partial charge is 0.497 e. The molecule has 73 heavy (non-hydrogen) atoms. The number of amides is 1. The number of hydrogen-bond acceptors (Lipinski definition) is 14. The number of esters is 3. The standard InChI is InChI=1S/C58H63N3O12/c1-55(2)23-19-40(38-25-35-11-7-8-12-44(35)59-32-38)42-26-36(15-18-43(42)55)52(63)60-39-16-13-34(14-17-39)53(64)72-48-28-37-27-45-46(71-33-70-45)29-41(37)50-51(47(68-5)30-57(50)21-10-24-61(48)57)73-54(65)58(67,31-49(62)69-6)22-9-20-56(3,4)66/h7-8,11-18,25-27,29-30,32,40,48,50-51,66-67H,9-10,19-24,28,31,33H2,1-6H3,(H,60,63)/t40?,48?,50-,51-,57+,58?/m1/s1. The summed E-state index contributed by atoms with van der Waals surface area (Å²) in [5.74, 6) is -1.88. The first-order valence-electron chi connectivity index (χ1n) is 25.2. The van der Waals surface area contributed by atoms with Gasteiger partial charge in [-0.2, -0.15) is 0 Å². The summed E-state index contributed by atoms with van der Waals surface area (Å²) in [6.45, 7) is 8.28. The Kier molecular flexibility index (Phi) is 13.1. The SMILES string of the molecule is COC(=O)CC(O)(CCCC(C)(C)O)C(=O)O[C@@H]1C(OC)=C[C@]23CCCN2C(OC(=O)c2ccc(NC(=O)c4ccc5c(c4)C(c4cnc6ccccc6c4)CCC5(C)C)cc2)Cc2cc4c(cc2[C@H]13)OCO4. The molecule has 3 N–H and O–H groups in total. The minimum Gasteiger partial charge on any atom is -0.497 e. The predicted molar refractivity (Wildman–Crippen MR) is 270 cm³/mol. The van der Waals surface area contributed by atoms with Gasteiger partial charge in [0.2, 0.25) is 6.79 Å². The molecule has 0 saturated carbocycles.